The molecule has 4 heterocycles. The van der Waals surface area contributed by atoms with E-state index in [4.69, 9.17) is 12.7 Å². The highest BCUT2D eigenvalue weighted by molar-refractivity contribution is 8.17. The minimum absolute atomic E-state index is 0.0225. The molecule has 0 spiro atoms. The monoisotopic (exact) mass is 538 g/mol. The first-order valence-corrected chi connectivity index (χ1v) is 14.4. The van der Waals surface area contributed by atoms with E-state index in [1.54, 1.807) is 23.8 Å². The van der Waals surface area contributed by atoms with Gasteiger partial charge in [0.2, 0.25) is 12.4 Å². The third-order valence-electron chi connectivity index (χ3n) is 7.35. The number of aliphatic hydroxyl groups excluding tert-OH is 1. The van der Waals surface area contributed by atoms with Gasteiger partial charge in [-0.3, -0.25) is 9.59 Å². The third kappa shape index (κ3) is 4.53. The molecule has 2 saturated heterocycles. The zero-order valence-electron chi connectivity index (χ0n) is 20.5. The number of hydrogen-bond acceptors (Lipinski definition) is 8. The summed E-state index contributed by atoms with van der Waals surface area (Å²) in [6.07, 6.45) is 0.843. The van der Waals surface area contributed by atoms with Gasteiger partial charge in [0.15, 0.2) is 5.54 Å². The molecule has 1 aromatic carbocycles. The van der Waals surface area contributed by atoms with Crippen LogP contribution in [0, 0.1) is 6.92 Å². The average molecular weight is 538 g/mol. The lowest BCUT2D eigenvalue weighted by molar-refractivity contribution is -0.134. The predicted octanol–water partition coefficient (Wildman–Crippen LogP) is 0.321. The number of carbonyl (C=O) groups is 2. The highest BCUT2D eigenvalue weighted by Gasteiger charge is 2.49. The van der Waals surface area contributed by atoms with Gasteiger partial charge in [0.05, 0.1) is 28.2 Å². The summed E-state index contributed by atoms with van der Waals surface area (Å²) in [7, 11) is 1.42. The summed E-state index contributed by atoms with van der Waals surface area (Å²) in [5.74, 6) is -0.474. The smallest absolute Gasteiger partial charge is 0.257 e. The van der Waals surface area contributed by atoms with Crippen LogP contribution in [-0.4, -0.2) is 90.8 Å². The second-order valence-electron chi connectivity index (χ2n) is 9.71. The molecule has 2 amide bonds. The van der Waals surface area contributed by atoms with E-state index in [2.05, 4.69) is 10.3 Å². The van der Waals surface area contributed by atoms with Gasteiger partial charge in [-0.25, -0.2) is 22.7 Å². The Hall–Kier alpha value is -2.54. The highest BCUT2D eigenvalue weighted by atomic mass is 32.2. The Morgan fingerprint density at radius 2 is 2.05 bits per heavy atom. The molecule has 1 aromatic heterocycles. The SMILES string of the molecule is [B][B]S(=O)(=O)N1CCCC1C(=O)N1CC(O)CC1C1=NC(C)(c2ccc(-c3scnc3C)cc2)C(=O)N1. The largest absolute Gasteiger partial charge is 0.391 e. The molecular formula is C23H26B2N5O5S2. The number of aliphatic hydroxyl groups is 1. The number of aromatic nitrogens is 1. The van der Waals surface area contributed by atoms with Gasteiger partial charge in [-0.2, -0.15) is 0 Å². The molecule has 0 aliphatic carbocycles. The molecular weight excluding hydrogens is 512 g/mol. The molecule has 0 bridgehead atoms. The van der Waals surface area contributed by atoms with Crippen LogP contribution in [0.3, 0.4) is 0 Å². The third-order valence-corrected chi connectivity index (χ3v) is 9.76. The summed E-state index contributed by atoms with van der Waals surface area (Å²) in [6, 6.07) is 5.99. The quantitative estimate of drug-likeness (QED) is 0.510. The van der Waals surface area contributed by atoms with Crippen molar-refractivity contribution >= 4 is 53.0 Å². The summed E-state index contributed by atoms with van der Waals surface area (Å²) < 4.78 is 25.9. The van der Waals surface area contributed by atoms with Crippen molar-refractivity contribution in [2.75, 3.05) is 13.1 Å². The number of amidine groups is 1. The van der Waals surface area contributed by atoms with Crippen LogP contribution in [0.2, 0.25) is 0 Å². The molecule has 37 heavy (non-hydrogen) atoms. The summed E-state index contributed by atoms with van der Waals surface area (Å²) in [6.45, 7) is 3.87. The molecule has 3 aliphatic rings. The van der Waals surface area contributed by atoms with Crippen LogP contribution in [0.5, 0.6) is 0 Å². The topological polar surface area (TPSA) is 132 Å². The van der Waals surface area contributed by atoms with E-state index in [1.807, 2.05) is 31.2 Å². The molecule has 14 heteroatoms. The Kier molecular flexibility index (Phi) is 6.80. The number of benzene rings is 1. The maximum atomic E-state index is 13.5. The molecule has 191 valence electrons. The molecule has 0 saturated carbocycles. The van der Waals surface area contributed by atoms with Gasteiger partial charge in [0, 0.05) is 27.2 Å². The maximum Gasteiger partial charge on any atom is 0.257 e. The van der Waals surface area contributed by atoms with Gasteiger partial charge in [-0.05, 0) is 37.8 Å². The molecule has 3 aliphatic heterocycles. The lowest BCUT2D eigenvalue weighted by Gasteiger charge is -2.30. The molecule has 10 nitrogen and oxygen atoms in total. The van der Waals surface area contributed by atoms with Gasteiger partial charge in [-0.15, -0.1) is 11.3 Å². The lowest BCUT2D eigenvalue weighted by atomic mass is 9.79. The molecule has 5 rings (SSSR count). The van der Waals surface area contributed by atoms with Crippen molar-refractivity contribution in [3.8, 4) is 10.4 Å². The molecule has 2 fully saturated rings. The Morgan fingerprint density at radius 1 is 1.32 bits per heavy atom. The predicted molar refractivity (Wildman–Crippen MR) is 141 cm³/mol. The van der Waals surface area contributed by atoms with Crippen molar-refractivity contribution in [2.24, 2.45) is 4.99 Å². The van der Waals surface area contributed by atoms with E-state index in [0.717, 1.165) is 20.4 Å². The number of β-amino-alcohol motifs (C(OH)–C–C–N with tert-alkyl or cyclic N) is 1. The van der Waals surface area contributed by atoms with E-state index in [0.29, 0.717) is 24.9 Å². The molecule has 3 radical (unpaired) electrons. The second kappa shape index (κ2) is 9.64. The normalized spacial score (nSPS) is 28.4. The van der Waals surface area contributed by atoms with Crippen LogP contribution >= 0.6 is 11.3 Å². The number of carbonyl (C=O) groups excluding carboxylic acids is 2. The minimum atomic E-state index is -3.88. The summed E-state index contributed by atoms with van der Waals surface area (Å²) >= 11 is 1.54. The van der Waals surface area contributed by atoms with Gasteiger partial charge in [0.1, 0.15) is 21.8 Å². The van der Waals surface area contributed by atoms with Crippen LogP contribution in [0.1, 0.15) is 37.4 Å². The number of nitrogens with zero attached hydrogens (tertiary/aromatic N) is 4. The number of likely N-dealkylation sites (tertiary alicyclic amines) is 1. The second-order valence-corrected chi connectivity index (χ2v) is 12.3. The van der Waals surface area contributed by atoms with E-state index in [9.17, 15) is 23.1 Å². The number of rotatable bonds is 6. The van der Waals surface area contributed by atoms with Crippen LogP contribution in [0.25, 0.3) is 10.4 Å². The van der Waals surface area contributed by atoms with Crippen LogP contribution in [0.15, 0.2) is 34.8 Å². The fourth-order valence-corrected chi connectivity index (χ4v) is 7.22. The fraction of sp³-hybridized carbons (Fsp3) is 0.478. The maximum absolute atomic E-state index is 13.5. The average Bonchev–Trinajstić information content (AvgIpc) is 3.66. The van der Waals surface area contributed by atoms with Gasteiger partial charge >= 0.3 is 0 Å². The van der Waals surface area contributed by atoms with Gasteiger partial charge < -0.3 is 15.3 Å². The van der Waals surface area contributed by atoms with E-state index >= 15 is 0 Å². The Bertz CT molecular complexity index is 1370. The summed E-state index contributed by atoms with van der Waals surface area (Å²) in [5, 5.41) is 13.3. The summed E-state index contributed by atoms with van der Waals surface area (Å²) in [4.78, 5) is 38.2. The number of nitrogens with one attached hydrogen (secondary N) is 1. The van der Waals surface area contributed by atoms with Crippen LogP contribution < -0.4 is 5.32 Å². The van der Waals surface area contributed by atoms with Crippen molar-refractivity contribution in [3.63, 3.8) is 0 Å². The minimum Gasteiger partial charge on any atom is -0.391 e. The highest BCUT2D eigenvalue weighted by Crippen LogP contribution is 2.35. The van der Waals surface area contributed by atoms with Crippen molar-refractivity contribution in [1.29, 1.82) is 0 Å². The fourth-order valence-electron chi connectivity index (χ4n) is 5.31. The van der Waals surface area contributed by atoms with E-state index < -0.39 is 39.5 Å². The summed E-state index contributed by atoms with van der Waals surface area (Å²) in [5.41, 5.74) is 3.20. The number of amides is 2. The first kappa shape index (κ1) is 26.1. The van der Waals surface area contributed by atoms with Crippen molar-refractivity contribution in [3.05, 3.63) is 41.0 Å². The van der Waals surface area contributed by atoms with Gasteiger partial charge in [-0.1, -0.05) is 24.3 Å². The molecule has 4 atom stereocenters. The zero-order valence-corrected chi connectivity index (χ0v) is 22.1. The molecule has 2 N–H and O–H groups in total. The van der Waals surface area contributed by atoms with E-state index in [-0.39, 0.29) is 31.3 Å². The van der Waals surface area contributed by atoms with Crippen molar-refractivity contribution < 1.29 is 23.1 Å². The lowest BCUT2D eigenvalue weighted by Crippen LogP contribution is -2.53. The Morgan fingerprint density at radius 3 is 2.70 bits per heavy atom. The van der Waals surface area contributed by atoms with Gasteiger partial charge in [0.25, 0.3) is 5.91 Å². The van der Waals surface area contributed by atoms with Crippen molar-refractivity contribution in [2.45, 2.75) is 56.8 Å². The number of thiazole rings is 1. The zero-order chi connectivity index (χ0) is 26.5. The van der Waals surface area contributed by atoms with Crippen LogP contribution in [-0.2, 0) is 25.0 Å². The first-order valence-electron chi connectivity index (χ1n) is 12.0. The number of aliphatic imine (C=N–C) groups is 1. The van der Waals surface area contributed by atoms with Crippen LogP contribution in [0.4, 0.5) is 0 Å². The number of aryl methyl sites for hydroxylation is 1. The Balaban J connectivity index is 1.41. The molecule has 2 aromatic rings. The standard InChI is InChI=1S/C23H26B2N5O5S2/c1-13-19(36-12-26-13)14-5-7-15(8-6-14)23(2)22(33)27-20(28-23)18-10-16(31)11-29(18)21(32)17-4-3-9-30(17)37(34,35)25-24/h5-8,12,16-18,31H,3-4,9-11H2,1-2H3,(H,27,28,33). The first-order chi connectivity index (χ1) is 17.5. The van der Waals surface area contributed by atoms with Crippen molar-refractivity contribution in [1.82, 2.24) is 19.5 Å². The number of hydrogen-bond donors (Lipinski definition) is 2. The molecule has 4 unspecified atom stereocenters. The van der Waals surface area contributed by atoms with E-state index in [1.165, 1.54) is 4.90 Å². The Labute approximate surface area is 221 Å².